The van der Waals surface area contributed by atoms with Crippen LogP contribution in [0.4, 0.5) is 0 Å². The van der Waals surface area contributed by atoms with Gasteiger partial charge in [0, 0.05) is 26.2 Å². The summed E-state index contributed by atoms with van der Waals surface area (Å²) in [4.78, 5) is 2.56. The summed E-state index contributed by atoms with van der Waals surface area (Å²) in [5.74, 6) is 0. The number of rotatable bonds is 6. The van der Waals surface area contributed by atoms with E-state index in [0.717, 1.165) is 19.7 Å². The first-order chi connectivity index (χ1) is 7.09. The number of ether oxygens (including phenoxy) is 1. The normalized spacial score (nSPS) is 23.2. The number of methoxy groups -OCH3 is 1. The third kappa shape index (κ3) is 4.09. The summed E-state index contributed by atoms with van der Waals surface area (Å²) in [6, 6.07) is 0.539. The van der Waals surface area contributed by atoms with Gasteiger partial charge < -0.3 is 10.1 Å². The van der Waals surface area contributed by atoms with Crippen molar-refractivity contribution in [2.75, 3.05) is 39.9 Å². The molecule has 1 rings (SSSR count). The lowest BCUT2D eigenvalue weighted by Gasteiger charge is -2.28. The highest BCUT2D eigenvalue weighted by atomic mass is 16.5. The number of nitrogens with zero attached hydrogens (tertiary/aromatic N) is 1. The Bertz CT molecular complexity index is 182. The summed E-state index contributed by atoms with van der Waals surface area (Å²) < 4.78 is 5.30. The van der Waals surface area contributed by atoms with Gasteiger partial charge in [-0.05, 0) is 24.9 Å². The maximum Gasteiger partial charge on any atom is 0.0630 e. The molecule has 1 aliphatic heterocycles. The van der Waals surface area contributed by atoms with Crippen molar-refractivity contribution in [3.05, 3.63) is 0 Å². The first kappa shape index (κ1) is 12.9. The van der Waals surface area contributed by atoms with Gasteiger partial charge in [-0.2, -0.15) is 0 Å². The van der Waals surface area contributed by atoms with Crippen molar-refractivity contribution in [1.29, 1.82) is 0 Å². The average Bonchev–Trinajstić information content (AvgIpc) is 2.53. The van der Waals surface area contributed by atoms with Gasteiger partial charge in [-0.15, -0.1) is 0 Å². The summed E-state index contributed by atoms with van der Waals surface area (Å²) in [5.41, 5.74) is 0.484. The van der Waals surface area contributed by atoms with Crippen LogP contribution in [-0.4, -0.2) is 50.8 Å². The van der Waals surface area contributed by atoms with E-state index in [0.29, 0.717) is 11.5 Å². The molecule has 1 saturated heterocycles. The minimum Gasteiger partial charge on any atom is -0.383 e. The molecule has 0 aromatic carbocycles. The van der Waals surface area contributed by atoms with Crippen LogP contribution in [0.25, 0.3) is 0 Å². The molecule has 90 valence electrons. The van der Waals surface area contributed by atoms with Gasteiger partial charge in [0.05, 0.1) is 6.61 Å². The Morgan fingerprint density at radius 1 is 1.47 bits per heavy atom. The van der Waals surface area contributed by atoms with Crippen LogP contribution < -0.4 is 5.32 Å². The van der Waals surface area contributed by atoms with E-state index >= 15 is 0 Å². The molecule has 1 aliphatic rings. The molecule has 0 bridgehead atoms. The lowest BCUT2D eigenvalue weighted by atomic mass is 9.93. The molecule has 1 atom stereocenters. The predicted octanol–water partition coefficient (Wildman–Crippen LogP) is 1.34. The molecule has 3 heteroatoms. The van der Waals surface area contributed by atoms with Crippen molar-refractivity contribution in [2.45, 2.75) is 33.2 Å². The Hall–Kier alpha value is -0.120. The molecule has 0 aliphatic carbocycles. The number of hydrogen-bond donors (Lipinski definition) is 1. The van der Waals surface area contributed by atoms with E-state index in [9.17, 15) is 0 Å². The van der Waals surface area contributed by atoms with Crippen LogP contribution in [0.15, 0.2) is 0 Å². The van der Waals surface area contributed by atoms with E-state index in [1.54, 1.807) is 7.11 Å². The predicted molar refractivity (Wildman–Crippen MR) is 64.2 cm³/mol. The summed E-state index contributed by atoms with van der Waals surface area (Å²) in [7, 11) is 1.79. The van der Waals surface area contributed by atoms with Crippen LogP contribution in [0.3, 0.4) is 0 Å². The molecule has 15 heavy (non-hydrogen) atoms. The van der Waals surface area contributed by atoms with Crippen LogP contribution in [0, 0.1) is 5.41 Å². The number of likely N-dealkylation sites (N-methyl/N-ethyl adjacent to an activating group) is 1. The van der Waals surface area contributed by atoms with Crippen molar-refractivity contribution >= 4 is 0 Å². The second-order valence-electron chi connectivity index (χ2n) is 5.30. The van der Waals surface area contributed by atoms with Gasteiger partial charge in [0.2, 0.25) is 0 Å². The third-order valence-electron chi connectivity index (χ3n) is 3.21. The molecule has 3 nitrogen and oxygen atoms in total. The van der Waals surface area contributed by atoms with E-state index < -0.39 is 0 Å². The Balaban J connectivity index is 2.42. The average molecular weight is 214 g/mol. The minimum absolute atomic E-state index is 0.484. The van der Waals surface area contributed by atoms with E-state index in [-0.39, 0.29) is 0 Å². The Labute approximate surface area is 94.2 Å². The molecule has 0 spiro atoms. The van der Waals surface area contributed by atoms with Gasteiger partial charge in [-0.1, -0.05) is 20.8 Å². The maximum absolute atomic E-state index is 5.30. The fourth-order valence-corrected chi connectivity index (χ4v) is 2.26. The monoisotopic (exact) mass is 214 g/mol. The highest BCUT2D eigenvalue weighted by Crippen LogP contribution is 2.29. The van der Waals surface area contributed by atoms with E-state index in [2.05, 4.69) is 31.0 Å². The lowest BCUT2D eigenvalue weighted by molar-refractivity contribution is 0.0985. The van der Waals surface area contributed by atoms with Gasteiger partial charge >= 0.3 is 0 Å². The van der Waals surface area contributed by atoms with Gasteiger partial charge in [0.25, 0.3) is 0 Å². The molecular formula is C12H26N2O. The molecular weight excluding hydrogens is 188 g/mol. The Morgan fingerprint density at radius 3 is 2.67 bits per heavy atom. The first-order valence-electron chi connectivity index (χ1n) is 6.03. The SMILES string of the molecule is CCNCC(COC)N1CCC(C)(C)C1. The number of nitrogens with one attached hydrogen (secondary N) is 1. The van der Waals surface area contributed by atoms with Crippen molar-refractivity contribution in [1.82, 2.24) is 10.2 Å². The zero-order chi connectivity index (χ0) is 11.3. The minimum atomic E-state index is 0.484. The molecule has 1 fully saturated rings. The fourth-order valence-electron chi connectivity index (χ4n) is 2.26. The number of hydrogen-bond acceptors (Lipinski definition) is 3. The van der Waals surface area contributed by atoms with Crippen molar-refractivity contribution in [3.8, 4) is 0 Å². The quantitative estimate of drug-likeness (QED) is 0.722. The summed E-state index contributed by atoms with van der Waals surface area (Å²) in [6.07, 6.45) is 1.30. The van der Waals surface area contributed by atoms with Gasteiger partial charge in [0.1, 0.15) is 0 Å². The molecule has 1 unspecified atom stereocenters. The Morgan fingerprint density at radius 2 is 2.20 bits per heavy atom. The van der Waals surface area contributed by atoms with Crippen LogP contribution in [0.5, 0.6) is 0 Å². The molecule has 0 aromatic rings. The second-order valence-corrected chi connectivity index (χ2v) is 5.30. The standard InChI is InChI=1S/C12H26N2O/c1-5-13-8-11(9-15-4)14-7-6-12(2,3)10-14/h11,13H,5-10H2,1-4H3. The first-order valence-corrected chi connectivity index (χ1v) is 6.03. The molecule has 0 saturated carbocycles. The van der Waals surface area contributed by atoms with Gasteiger partial charge in [0.15, 0.2) is 0 Å². The molecule has 1 N–H and O–H groups in total. The van der Waals surface area contributed by atoms with Crippen molar-refractivity contribution in [3.63, 3.8) is 0 Å². The smallest absolute Gasteiger partial charge is 0.0630 e. The van der Waals surface area contributed by atoms with Crippen LogP contribution in [-0.2, 0) is 4.74 Å². The lowest BCUT2D eigenvalue weighted by Crippen LogP contribution is -2.44. The van der Waals surface area contributed by atoms with Gasteiger partial charge in [-0.3, -0.25) is 4.90 Å². The summed E-state index contributed by atoms with van der Waals surface area (Å²) in [6.45, 7) is 12.2. The Kier molecular flexibility index (Phi) is 5.03. The van der Waals surface area contributed by atoms with Crippen molar-refractivity contribution < 1.29 is 4.74 Å². The van der Waals surface area contributed by atoms with E-state index in [1.807, 2.05) is 0 Å². The molecule has 0 amide bonds. The van der Waals surface area contributed by atoms with E-state index in [1.165, 1.54) is 19.5 Å². The fraction of sp³-hybridized carbons (Fsp3) is 1.00. The molecule has 1 heterocycles. The van der Waals surface area contributed by atoms with E-state index in [4.69, 9.17) is 4.74 Å². The zero-order valence-corrected chi connectivity index (χ0v) is 10.7. The largest absolute Gasteiger partial charge is 0.383 e. The molecule has 0 radical (unpaired) electrons. The summed E-state index contributed by atoms with van der Waals surface area (Å²) in [5, 5.41) is 3.42. The summed E-state index contributed by atoms with van der Waals surface area (Å²) >= 11 is 0. The molecule has 0 aromatic heterocycles. The second kappa shape index (κ2) is 5.83. The highest BCUT2D eigenvalue weighted by Gasteiger charge is 2.32. The van der Waals surface area contributed by atoms with Crippen molar-refractivity contribution in [2.24, 2.45) is 5.41 Å². The van der Waals surface area contributed by atoms with Crippen LogP contribution in [0.2, 0.25) is 0 Å². The van der Waals surface area contributed by atoms with Gasteiger partial charge in [-0.25, -0.2) is 0 Å². The van der Waals surface area contributed by atoms with Crippen LogP contribution >= 0.6 is 0 Å². The number of likely N-dealkylation sites (tertiary alicyclic amines) is 1. The van der Waals surface area contributed by atoms with Crippen LogP contribution in [0.1, 0.15) is 27.2 Å². The zero-order valence-electron chi connectivity index (χ0n) is 10.7. The highest BCUT2D eigenvalue weighted by molar-refractivity contribution is 4.87. The third-order valence-corrected chi connectivity index (χ3v) is 3.21. The maximum atomic E-state index is 5.30. The topological polar surface area (TPSA) is 24.5 Å².